The Kier molecular flexibility index (Phi) is 3.07. The van der Waals surface area contributed by atoms with Gasteiger partial charge in [0.1, 0.15) is 24.3 Å². The third kappa shape index (κ3) is 2.44. The molecule has 0 aromatic carbocycles. The lowest BCUT2D eigenvalue weighted by Gasteiger charge is -2.35. The van der Waals surface area contributed by atoms with E-state index in [1.54, 1.807) is 17.2 Å². The molecule has 0 unspecified atom stereocenters. The second kappa shape index (κ2) is 5.40. The van der Waals surface area contributed by atoms with Crippen LogP contribution in [-0.2, 0) is 0 Å². The van der Waals surface area contributed by atoms with Crippen molar-refractivity contribution in [3.05, 3.63) is 36.5 Å². The van der Waals surface area contributed by atoms with Crippen LogP contribution in [0.4, 0.5) is 11.6 Å². The third-order valence-corrected chi connectivity index (χ3v) is 4.74. The SMILES string of the molecule is c1nc(C2CC2)cc(N2CCN(c3ccc4nncn4n3)CC2)n1. The van der Waals surface area contributed by atoms with Crippen molar-refractivity contribution in [1.82, 2.24) is 29.8 Å². The van der Waals surface area contributed by atoms with E-state index in [9.17, 15) is 0 Å². The van der Waals surface area contributed by atoms with E-state index < -0.39 is 0 Å². The molecule has 0 N–H and O–H groups in total. The van der Waals surface area contributed by atoms with Gasteiger partial charge in [0.2, 0.25) is 0 Å². The summed E-state index contributed by atoms with van der Waals surface area (Å²) in [6.07, 6.45) is 5.87. The zero-order chi connectivity index (χ0) is 15.9. The number of nitrogens with zero attached hydrogens (tertiary/aromatic N) is 8. The Bertz CT molecular complexity index is 863. The predicted molar refractivity (Wildman–Crippen MR) is 89.2 cm³/mol. The number of fused-ring (bicyclic) bond motifs is 1. The highest BCUT2D eigenvalue weighted by molar-refractivity contribution is 5.48. The van der Waals surface area contributed by atoms with Crippen molar-refractivity contribution >= 4 is 17.3 Å². The number of hydrogen-bond acceptors (Lipinski definition) is 7. The standard InChI is InChI=1S/C16H18N8/c1-2-12(1)13-9-16(18-10-17-13)23-7-5-22(6-8-23)15-4-3-14-20-19-11-24(14)21-15/h3-4,9-12H,1-2,5-8H2. The van der Waals surface area contributed by atoms with Gasteiger partial charge in [-0.25, -0.2) is 9.97 Å². The fraction of sp³-hybridized carbons (Fsp3) is 0.438. The summed E-state index contributed by atoms with van der Waals surface area (Å²) in [5.74, 6) is 2.67. The quantitative estimate of drug-likeness (QED) is 0.715. The molecule has 3 aromatic rings. The molecule has 8 nitrogen and oxygen atoms in total. The summed E-state index contributed by atoms with van der Waals surface area (Å²) in [5, 5.41) is 12.4. The first-order valence-corrected chi connectivity index (χ1v) is 8.36. The minimum Gasteiger partial charge on any atom is -0.353 e. The van der Waals surface area contributed by atoms with Gasteiger partial charge in [-0.3, -0.25) is 0 Å². The predicted octanol–water partition coefficient (Wildman–Crippen LogP) is 1.12. The summed E-state index contributed by atoms with van der Waals surface area (Å²) in [6.45, 7) is 3.71. The van der Waals surface area contributed by atoms with Crippen LogP contribution < -0.4 is 9.80 Å². The average molecular weight is 322 g/mol. The van der Waals surface area contributed by atoms with E-state index in [1.807, 2.05) is 12.1 Å². The van der Waals surface area contributed by atoms with Crippen molar-refractivity contribution in [2.75, 3.05) is 36.0 Å². The molecule has 5 rings (SSSR count). The van der Waals surface area contributed by atoms with E-state index in [0.29, 0.717) is 5.92 Å². The van der Waals surface area contributed by atoms with Gasteiger partial charge in [0.05, 0.1) is 0 Å². The van der Waals surface area contributed by atoms with Gasteiger partial charge in [-0.05, 0) is 25.0 Å². The molecule has 24 heavy (non-hydrogen) atoms. The molecule has 0 radical (unpaired) electrons. The normalized spacial score (nSPS) is 18.3. The number of aromatic nitrogens is 6. The maximum atomic E-state index is 4.58. The molecule has 4 heterocycles. The zero-order valence-corrected chi connectivity index (χ0v) is 13.3. The minimum atomic E-state index is 0.660. The Morgan fingerprint density at radius 3 is 2.50 bits per heavy atom. The van der Waals surface area contributed by atoms with Crippen LogP contribution in [0.2, 0.25) is 0 Å². The average Bonchev–Trinajstić information content (AvgIpc) is 3.39. The molecule has 0 amide bonds. The molecular weight excluding hydrogens is 304 g/mol. The molecule has 0 bridgehead atoms. The third-order valence-electron chi connectivity index (χ3n) is 4.74. The summed E-state index contributed by atoms with van der Waals surface area (Å²) in [6, 6.07) is 6.12. The highest BCUT2D eigenvalue weighted by Gasteiger charge is 2.26. The molecule has 122 valence electrons. The van der Waals surface area contributed by atoms with E-state index >= 15 is 0 Å². The first kappa shape index (κ1) is 13.6. The molecule has 1 saturated carbocycles. The summed E-state index contributed by atoms with van der Waals surface area (Å²) in [5.41, 5.74) is 1.97. The van der Waals surface area contributed by atoms with Gasteiger partial charge >= 0.3 is 0 Å². The van der Waals surface area contributed by atoms with E-state index in [4.69, 9.17) is 0 Å². The van der Waals surface area contributed by atoms with E-state index in [0.717, 1.165) is 43.5 Å². The highest BCUT2D eigenvalue weighted by atomic mass is 15.4. The van der Waals surface area contributed by atoms with Crippen LogP contribution in [0.1, 0.15) is 24.5 Å². The van der Waals surface area contributed by atoms with Crippen LogP contribution in [0.3, 0.4) is 0 Å². The monoisotopic (exact) mass is 322 g/mol. The fourth-order valence-electron chi connectivity index (χ4n) is 3.19. The summed E-state index contributed by atoms with van der Waals surface area (Å²) in [7, 11) is 0. The summed E-state index contributed by atoms with van der Waals surface area (Å²) in [4.78, 5) is 13.5. The van der Waals surface area contributed by atoms with E-state index in [2.05, 4.69) is 41.1 Å². The van der Waals surface area contributed by atoms with Gasteiger partial charge in [-0.15, -0.1) is 15.3 Å². The molecule has 0 atom stereocenters. The van der Waals surface area contributed by atoms with Gasteiger partial charge < -0.3 is 9.80 Å². The van der Waals surface area contributed by atoms with Crippen molar-refractivity contribution < 1.29 is 0 Å². The van der Waals surface area contributed by atoms with E-state index in [1.165, 1.54) is 18.5 Å². The summed E-state index contributed by atoms with van der Waals surface area (Å²) >= 11 is 0. The highest BCUT2D eigenvalue weighted by Crippen LogP contribution is 2.39. The molecule has 1 saturated heterocycles. The van der Waals surface area contributed by atoms with Crippen LogP contribution in [0.5, 0.6) is 0 Å². The number of rotatable bonds is 3. The molecule has 1 aliphatic heterocycles. The Morgan fingerprint density at radius 1 is 0.917 bits per heavy atom. The summed E-state index contributed by atoms with van der Waals surface area (Å²) < 4.78 is 1.72. The number of anilines is 2. The zero-order valence-electron chi connectivity index (χ0n) is 13.3. The van der Waals surface area contributed by atoms with Gasteiger partial charge in [0.15, 0.2) is 5.65 Å². The maximum absolute atomic E-state index is 4.58. The second-order valence-corrected chi connectivity index (χ2v) is 6.37. The lowest BCUT2D eigenvalue weighted by atomic mass is 10.2. The van der Waals surface area contributed by atoms with Crippen molar-refractivity contribution in [1.29, 1.82) is 0 Å². The Labute approximate surface area is 139 Å². The lowest BCUT2D eigenvalue weighted by molar-refractivity contribution is 0.635. The Hall–Kier alpha value is -2.77. The van der Waals surface area contributed by atoms with Gasteiger partial charge in [0.25, 0.3) is 0 Å². The van der Waals surface area contributed by atoms with Gasteiger partial charge in [0, 0.05) is 43.9 Å². The first-order chi connectivity index (χ1) is 11.9. The van der Waals surface area contributed by atoms with Crippen molar-refractivity contribution in [2.24, 2.45) is 0 Å². The van der Waals surface area contributed by atoms with Crippen molar-refractivity contribution in [3.63, 3.8) is 0 Å². The largest absolute Gasteiger partial charge is 0.353 e. The van der Waals surface area contributed by atoms with Crippen LogP contribution in [0.15, 0.2) is 30.9 Å². The van der Waals surface area contributed by atoms with Crippen LogP contribution in [0, 0.1) is 0 Å². The van der Waals surface area contributed by atoms with Crippen molar-refractivity contribution in [3.8, 4) is 0 Å². The van der Waals surface area contributed by atoms with Crippen LogP contribution >= 0.6 is 0 Å². The topological polar surface area (TPSA) is 75.3 Å². The van der Waals surface area contributed by atoms with E-state index in [-0.39, 0.29) is 0 Å². The number of hydrogen-bond donors (Lipinski definition) is 0. The van der Waals surface area contributed by atoms with Gasteiger partial charge in [-0.1, -0.05) is 0 Å². The maximum Gasteiger partial charge on any atom is 0.177 e. The molecule has 8 heteroatoms. The lowest BCUT2D eigenvalue weighted by Crippen LogP contribution is -2.47. The van der Waals surface area contributed by atoms with Crippen LogP contribution in [-0.4, -0.2) is 56.0 Å². The Balaban J connectivity index is 1.30. The van der Waals surface area contributed by atoms with Gasteiger partial charge in [-0.2, -0.15) is 4.52 Å². The van der Waals surface area contributed by atoms with Crippen molar-refractivity contribution in [2.45, 2.75) is 18.8 Å². The first-order valence-electron chi connectivity index (χ1n) is 8.36. The molecular formula is C16H18N8. The second-order valence-electron chi connectivity index (χ2n) is 6.37. The smallest absolute Gasteiger partial charge is 0.177 e. The minimum absolute atomic E-state index is 0.660. The van der Waals surface area contributed by atoms with Crippen LogP contribution in [0.25, 0.3) is 5.65 Å². The molecule has 3 aromatic heterocycles. The molecule has 0 spiro atoms. The molecule has 2 fully saturated rings. The fourth-order valence-corrected chi connectivity index (χ4v) is 3.19. The number of piperazine rings is 1. The molecule has 2 aliphatic rings. The molecule has 1 aliphatic carbocycles. The Morgan fingerprint density at radius 2 is 1.71 bits per heavy atom.